The van der Waals surface area contributed by atoms with Crippen molar-refractivity contribution in [2.75, 3.05) is 11.6 Å². The lowest BCUT2D eigenvalue weighted by Gasteiger charge is -2.58. The molecule has 2 fully saturated rings. The second kappa shape index (κ2) is 8.31. The van der Waals surface area contributed by atoms with Gasteiger partial charge in [-0.3, -0.25) is 19.3 Å². The smallest absolute Gasteiger partial charge is 0.280 e. The summed E-state index contributed by atoms with van der Waals surface area (Å²) in [5.74, 6) is -5.43. The van der Waals surface area contributed by atoms with E-state index in [9.17, 15) is 14.7 Å². The van der Waals surface area contributed by atoms with Gasteiger partial charge in [0.25, 0.3) is 11.8 Å². The number of halogens is 3. The summed E-state index contributed by atoms with van der Waals surface area (Å²) in [6.45, 7) is 0.452. The molecule has 1 amide bonds. The number of aromatic nitrogens is 1. The van der Waals surface area contributed by atoms with Crippen LogP contribution in [-0.4, -0.2) is 33.3 Å². The fourth-order valence-electron chi connectivity index (χ4n) is 8.36. The van der Waals surface area contributed by atoms with Crippen LogP contribution in [0.2, 0.25) is 0 Å². The monoisotopic (exact) mass is 601 g/mol. The highest BCUT2D eigenvalue weighted by Gasteiger charge is 2.54. The van der Waals surface area contributed by atoms with E-state index >= 15 is 13.2 Å². The van der Waals surface area contributed by atoms with Crippen LogP contribution in [-0.2, 0) is 12.3 Å². The lowest BCUT2D eigenvalue weighted by atomic mass is 9.62. The van der Waals surface area contributed by atoms with Gasteiger partial charge in [-0.05, 0) is 64.8 Å². The molecule has 4 aromatic rings. The first-order valence-corrected chi connectivity index (χ1v) is 15.5. The normalized spacial score (nSPS) is 23.6. The van der Waals surface area contributed by atoms with Gasteiger partial charge >= 0.3 is 0 Å². The summed E-state index contributed by atoms with van der Waals surface area (Å²) in [5.41, 5.74) is 2.17. The Kier molecular flexibility index (Phi) is 4.92. The van der Waals surface area contributed by atoms with Gasteiger partial charge in [-0.15, -0.1) is 11.3 Å². The minimum Gasteiger partial charge on any atom is -0.502 e. The maximum Gasteiger partial charge on any atom is 0.280 e. The fraction of sp³-hybridized carbons (Fsp3) is 0.333. The van der Waals surface area contributed by atoms with Gasteiger partial charge in [-0.1, -0.05) is 36.8 Å². The number of carbonyl (C=O) groups is 1. The Morgan fingerprint density at radius 2 is 1.79 bits per heavy atom. The minimum absolute atomic E-state index is 0.0591. The van der Waals surface area contributed by atoms with Crippen LogP contribution in [0, 0.1) is 11.2 Å². The zero-order valence-electron chi connectivity index (χ0n) is 22.9. The number of pyridine rings is 1. The van der Waals surface area contributed by atoms with Gasteiger partial charge in [0.2, 0.25) is 5.43 Å². The maximum atomic E-state index is 15.8. The van der Waals surface area contributed by atoms with Crippen molar-refractivity contribution in [1.82, 2.24) is 9.58 Å². The molecule has 4 heterocycles. The molecule has 1 saturated heterocycles. The predicted octanol–water partition coefficient (Wildman–Crippen LogP) is 6.52. The van der Waals surface area contributed by atoms with Crippen LogP contribution in [0.1, 0.15) is 70.9 Å². The number of aromatic hydroxyl groups is 1. The van der Waals surface area contributed by atoms with E-state index in [0.717, 1.165) is 47.8 Å². The average Bonchev–Trinajstić information content (AvgIpc) is 3.33. The van der Waals surface area contributed by atoms with Gasteiger partial charge in [0, 0.05) is 41.2 Å². The molecule has 2 aliphatic heterocycles. The van der Waals surface area contributed by atoms with Gasteiger partial charge in [0.15, 0.2) is 11.4 Å². The molecular formula is C33H26F3N3O3S. The summed E-state index contributed by atoms with van der Waals surface area (Å²) in [4.78, 5) is 29.1. The number of hydrogen-bond acceptors (Lipinski definition) is 5. The number of hydrogen-bond donors (Lipinski definition) is 1. The number of carbonyl (C=O) groups excluding carboxylic acids is 1. The molecule has 9 rings (SSSR count). The van der Waals surface area contributed by atoms with Crippen molar-refractivity contribution in [1.29, 1.82) is 0 Å². The lowest BCUT2D eigenvalue weighted by molar-refractivity contribution is -0.0165. The Bertz CT molecular complexity index is 1960. The molecule has 2 unspecified atom stereocenters. The highest BCUT2D eigenvalue weighted by atomic mass is 32.1. The predicted molar refractivity (Wildman–Crippen MR) is 156 cm³/mol. The van der Waals surface area contributed by atoms with Crippen LogP contribution in [0.15, 0.2) is 58.8 Å². The third kappa shape index (κ3) is 3.19. The molecule has 5 aliphatic rings. The number of alkyl halides is 2. The number of amides is 1. The van der Waals surface area contributed by atoms with E-state index in [4.69, 9.17) is 0 Å². The molecule has 0 bridgehead atoms. The fourth-order valence-corrected chi connectivity index (χ4v) is 9.49. The van der Waals surface area contributed by atoms with Crippen LogP contribution in [0.5, 0.6) is 5.75 Å². The maximum absolute atomic E-state index is 15.8. The molecular weight excluding hydrogens is 575 g/mol. The summed E-state index contributed by atoms with van der Waals surface area (Å²) < 4.78 is 48.7. The summed E-state index contributed by atoms with van der Waals surface area (Å²) in [6.07, 6.45) is 5.12. The number of nitrogens with zero attached hydrogens (tertiary/aromatic N) is 3. The molecule has 1 spiro atoms. The third-order valence-corrected chi connectivity index (χ3v) is 11.5. The van der Waals surface area contributed by atoms with E-state index in [1.807, 2.05) is 29.3 Å². The van der Waals surface area contributed by atoms with E-state index in [1.165, 1.54) is 23.6 Å². The van der Waals surface area contributed by atoms with E-state index < -0.39 is 53.0 Å². The zero-order chi connectivity index (χ0) is 29.4. The van der Waals surface area contributed by atoms with Crippen LogP contribution in [0.4, 0.5) is 13.2 Å². The lowest BCUT2D eigenvalue weighted by Crippen LogP contribution is -2.66. The molecule has 0 radical (unpaired) electrons. The van der Waals surface area contributed by atoms with Crippen molar-refractivity contribution in [2.45, 2.75) is 56.7 Å². The molecule has 218 valence electrons. The Hall–Kier alpha value is -4.05. The first-order chi connectivity index (χ1) is 20.7. The number of rotatable bonds is 1. The van der Waals surface area contributed by atoms with Crippen LogP contribution >= 0.6 is 11.3 Å². The van der Waals surface area contributed by atoms with Crippen LogP contribution in [0.3, 0.4) is 0 Å². The number of piperidine rings is 1. The molecule has 3 aliphatic carbocycles. The summed E-state index contributed by atoms with van der Waals surface area (Å²) in [5, 5.41) is 14.7. The third-order valence-electron chi connectivity index (χ3n) is 10.5. The average molecular weight is 602 g/mol. The van der Waals surface area contributed by atoms with Crippen molar-refractivity contribution in [3.63, 3.8) is 0 Å². The highest BCUT2D eigenvalue weighted by molar-refractivity contribution is 7.14. The van der Waals surface area contributed by atoms with E-state index in [0.29, 0.717) is 29.7 Å². The van der Waals surface area contributed by atoms with Gasteiger partial charge in [0.05, 0.1) is 11.6 Å². The van der Waals surface area contributed by atoms with E-state index in [2.05, 4.69) is 0 Å². The molecule has 2 aromatic heterocycles. The Labute approximate surface area is 248 Å². The SMILES string of the molecule is O=C1c2c(O)c(=O)ccn2N(C2c3ccccc3-c3scc4c3-c3c2ccc(F)c3C(F)(F)C4)C2CC3(CCC3)CCN12. The van der Waals surface area contributed by atoms with Crippen molar-refractivity contribution in [2.24, 2.45) is 5.41 Å². The van der Waals surface area contributed by atoms with Crippen molar-refractivity contribution in [3.8, 4) is 27.3 Å². The quantitative estimate of drug-likeness (QED) is 0.270. The summed E-state index contributed by atoms with van der Waals surface area (Å²) in [7, 11) is 0. The van der Waals surface area contributed by atoms with Gasteiger partial charge < -0.3 is 10.0 Å². The molecule has 1 N–H and O–H groups in total. The Morgan fingerprint density at radius 3 is 2.58 bits per heavy atom. The minimum atomic E-state index is -3.41. The standard InChI is InChI=1S/C33H26F3N3O3S/c34-21-7-6-20-25-24-17(14-33(35,36)26(21)25)16-43-30(24)19-5-2-1-4-18(19)27(20)39-23-15-32(9-3-10-32)11-13-37(23)31(42)28-29(41)22(40)8-12-38(28)39/h1-2,4-8,12,16,23,27,41H,3,9-11,13-15H2. The van der Waals surface area contributed by atoms with Crippen molar-refractivity contribution in [3.05, 3.63) is 98.0 Å². The highest BCUT2D eigenvalue weighted by Crippen LogP contribution is 2.59. The van der Waals surface area contributed by atoms with Crippen LogP contribution in [0.25, 0.3) is 21.6 Å². The zero-order valence-corrected chi connectivity index (χ0v) is 23.8. The molecule has 1 saturated carbocycles. The van der Waals surface area contributed by atoms with E-state index in [-0.39, 0.29) is 16.7 Å². The first kappa shape index (κ1) is 25.4. The first-order valence-electron chi connectivity index (χ1n) is 14.6. The Balaban J connectivity index is 1.39. The second-order valence-corrected chi connectivity index (χ2v) is 13.5. The van der Waals surface area contributed by atoms with Crippen LogP contribution < -0.4 is 10.4 Å². The number of thiophene rings is 1. The summed E-state index contributed by atoms with van der Waals surface area (Å²) in [6, 6.07) is 10.9. The van der Waals surface area contributed by atoms with E-state index in [1.54, 1.807) is 21.0 Å². The van der Waals surface area contributed by atoms with Crippen molar-refractivity contribution >= 4 is 17.2 Å². The molecule has 2 aromatic carbocycles. The molecule has 10 heteroatoms. The largest absolute Gasteiger partial charge is 0.502 e. The number of fused-ring (bicyclic) bond motifs is 4. The summed E-state index contributed by atoms with van der Waals surface area (Å²) >= 11 is 1.38. The van der Waals surface area contributed by atoms with Gasteiger partial charge in [-0.25, -0.2) is 13.2 Å². The number of benzene rings is 2. The Morgan fingerprint density at radius 1 is 0.977 bits per heavy atom. The van der Waals surface area contributed by atoms with Crippen molar-refractivity contribution < 1.29 is 23.1 Å². The molecule has 2 atom stereocenters. The van der Waals surface area contributed by atoms with Gasteiger partial charge in [-0.2, -0.15) is 0 Å². The second-order valence-electron chi connectivity index (χ2n) is 12.6. The molecule has 6 nitrogen and oxygen atoms in total. The molecule has 43 heavy (non-hydrogen) atoms. The van der Waals surface area contributed by atoms with Gasteiger partial charge in [0.1, 0.15) is 12.0 Å². The topological polar surface area (TPSA) is 65.8 Å².